The first-order valence-corrected chi connectivity index (χ1v) is 19.0. The molecule has 9 nitrogen and oxygen atoms in total. The van der Waals surface area contributed by atoms with Crippen LogP contribution in [0, 0.1) is 5.92 Å². The number of rotatable bonds is 12. The molecular formula is C40H39N3O6S2. The van der Waals surface area contributed by atoms with E-state index in [-0.39, 0.29) is 22.6 Å². The van der Waals surface area contributed by atoms with Crippen molar-refractivity contribution in [3.8, 4) is 17.2 Å². The molecule has 2 aliphatic heterocycles. The third-order valence-electron chi connectivity index (χ3n) is 8.98. The zero-order valence-electron chi connectivity index (χ0n) is 28.9. The molecule has 11 heteroatoms. The molecule has 3 heterocycles. The number of nitrogens with zero attached hydrogens (tertiary/aromatic N) is 3. The van der Waals surface area contributed by atoms with Gasteiger partial charge >= 0.3 is 5.91 Å². The Labute approximate surface area is 305 Å². The number of carbonyl (C=O) groups is 2. The zero-order chi connectivity index (χ0) is 35.6. The summed E-state index contributed by atoms with van der Waals surface area (Å²) in [6.07, 6.45) is 1.55. The van der Waals surface area contributed by atoms with Gasteiger partial charge in [-0.05, 0) is 84.0 Å². The highest BCUT2D eigenvalue weighted by Crippen LogP contribution is 2.46. The lowest BCUT2D eigenvalue weighted by Crippen LogP contribution is -2.29. The van der Waals surface area contributed by atoms with E-state index in [0.717, 1.165) is 34.1 Å². The summed E-state index contributed by atoms with van der Waals surface area (Å²) in [5.74, 6) is 1.03. The smallest absolute Gasteiger partial charge is 0.301 e. The van der Waals surface area contributed by atoms with E-state index in [1.165, 1.54) is 28.0 Å². The fourth-order valence-electron chi connectivity index (χ4n) is 6.47. The van der Waals surface area contributed by atoms with Crippen LogP contribution in [0.3, 0.4) is 0 Å². The number of hydrogen-bond acceptors (Lipinski definition) is 10. The van der Waals surface area contributed by atoms with Crippen LogP contribution < -0.4 is 19.1 Å². The number of aromatic nitrogens is 2. The van der Waals surface area contributed by atoms with Crippen molar-refractivity contribution in [3.05, 3.63) is 107 Å². The first-order chi connectivity index (χ1) is 24.7. The van der Waals surface area contributed by atoms with Gasteiger partial charge in [-0.3, -0.25) is 14.5 Å². The summed E-state index contributed by atoms with van der Waals surface area (Å²) in [6.45, 7) is 9.03. The molecular weight excluding hydrogens is 683 g/mol. The molecule has 1 amide bonds. The first-order valence-electron chi connectivity index (χ1n) is 17.1. The first kappa shape index (κ1) is 34.6. The van der Waals surface area contributed by atoms with Crippen LogP contribution in [-0.4, -0.2) is 46.3 Å². The molecule has 2 atom stereocenters. The molecule has 4 aromatic carbocycles. The number of amides is 1. The summed E-state index contributed by atoms with van der Waals surface area (Å²) in [6, 6.07) is 24.1. The molecule has 0 radical (unpaired) electrons. The predicted octanol–water partition coefficient (Wildman–Crippen LogP) is 8.76. The molecule has 1 N–H and O–H groups in total. The second kappa shape index (κ2) is 14.8. The van der Waals surface area contributed by atoms with Gasteiger partial charge in [0.1, 0.15) is 17.6 Å². The van der Waals surface area contributed by atoms with Gasteiger partial charge < -0.3 is 19.3 Å². The van der Waals surface area contributed by atoms with E-state index in [1.54, 1.807) is 30.3 Å². The van der Waals surface area contributed by atoms with Crippen molar-refractivity contribution in [2.75, 3.05) is 18.1 Å². The highest BCUT2D eigenvalue weighted by Gasteiger charge is 2.48. The quantitative estimate of drug-likeness (QED) is 0.0445. The number of ether oxygens (including phenoxy) is 3. The fraction of sp³-hybridized carbons (Fsp3) is 0.300. The van der Waals surface area contributed by atoms with Gasteiger partial charge in [0.15, 0.2) is 15.8 Å². The summed E-state index contributed by atoms with van der Waals surface area (Å²) in [5, 5.41) is 23.3. The van der Waals surface area contributed by atoms with Gasteiger partial charge in [0.2, 0.25) is 5.13 Å². The number of aliphatic hydroxyl groups is 1. The minimum atomic E-state index is -0.999. The van der Waals surface area contributed by atoms with Crippen molar-refractivity contribution in [2.45, 2.75) is 62.8 Å². The van der Waals surface area contributed by atoms with E-state index in [1.807, 2.05) is 38.1 Å². The maximum atomic E-state index is 14.0. The largest absolute Gasteiger partial charge is 0.507 e. The Morgan fingerprint density at radius 1 is 1.02 bits per heavy atom. The molecule has 1 fully saturated rings. The number of fused-ring (bicyclic) bond motifs is 2. The Morgan fingerprint density at radius 2 is 1.84 bits per heavy atom. The number of carbonyl (C=O) groups excluding carboxylic acids is 2. The standard InChI is InChI=1S/C40H39N3O6S2/c1-5-47-33-21-26(13-16-32(33)48-18-17-23(2)3)35-34(36(44)27-14-15-31-29(20-27)19-24(4)49-31)37(45)38(46)43(35)39-41-42-40(51-39)50-22-28-11-8-10-25-9-6-7-12-30(25)28/h6-16,20-21,23-24,35,44H,5,17-19,22H2,1-4H3/b36-34+/t24-,35+/m1/s1. The molecule has 0 bridgehead atoms. The van der Waals surface area contributed by atoms with Crippen molar-refractivity contribution in [3.63, 3.8) is 0 Å². The zero-order valence-corrected chi connectivity index (χ0v) is 30.6. The summed E-state index contributed by atoms with van der Waals surface area (Å²) in [4.78, 5) is 29.3. The lowest BCUT2D eigenvalue weighted by Gasteiger charge is -2.24. The Balaban J connectivity index is 1.27. The summed E-state index contributed by atoms with van der Waals surface area (Å²) in [5.41, 5.74) is 3.04. The van der Waals surface area contributed by atoms with Crippen LogP contribution in [-0.2, 0) is 21.8 Å². The monoisotopic (exact) mass is 721 g/mol. The van der Waals surface area contributed by atoms with E-state index in [2.05, 4.69) is 48.3 Å². The predicted molar refractivity (Wildman–Crippen MR) is 201 cm³/mol. The van der Waals surface area contributed by atoms with Crippen molar-refractivity contribution in [1.29, 1.82) is 0 Å². The molecule has 1 saturated heterocycles. The average molecular weight is 722 g/mol. The molecule has 7 rings (SSSR count). The number of aliphatic hydroxyl groups excluding tert-OH is 1. The number of ketones is 1. The normalized spacial score (nSPS) is 18.0. The Morgan fingerprint density at radius 3 is 2.67 bits per heavy atom. The van der Waals surface area contributed by atoms with Gasteiger partial charge in [0.25, 0.3) is 5.78 Å². The minimum Gasteiger partial charge on any atom is -0.507 e. The Bertz CT molecular complexity index is 2140. The maximum Gasteiger partial charge on any atom is 0.301 e. The van der Waals surface area contributed by atoms with E-state index >= 15 is 0 Å². The van der Waals surface area contributed by atoms with Gasteiger partial charge in [0, 0.05) is 17.7 Å². The number of benzene rings is 4. The molecule has 0 spiro atoms. The van der Waals surface area contributed by atoms with Crippen LogP contribution in [0.4, 0.5) is 5.13 Å². The topological polar surface area (TPSA) is 111 Å². The molecule has 262 valence electrons. The summed E-state index contributed by atoms with van der Waals surface area (Å²) in [7, 11) is 0. The molecule has 5 aromatic rings. The van der Waals surface area contributed by atoms with Gasteiger partial charge in [0.05, 0.1) is 24.8 Å². The number of anilines is 1. The highest BCUT2D eigenvalue weighted by atomic mass is 32.2. The Kier molecular flexibility index (Phi) is 10.0. The van der Waals surface area contributed by atoms with E-state index in [4.69, 9.17) is 14.2 Å². The van der Waals surface area contributed by atoms with Crippen LogP contribution in [0.15, 0.2) is 88.8 Å². The van der Waals surface area contributed by atoms with E-state index in [0.29, 0.717) is 58.3 Å². The third-order valence-corrected chi connectivity index (χ3v) is 11.1. The second-order valence-corrected chi connectivity index (χ2v) is 15.3. The molecule has 0 saturated carbocycles. The van der Waals surface area contributed by atoms with Crippen LogP contribution in [0.2, 0.25) is 0 Å². The van der Waals surface area contributed by atoms with Crippen molar-refractivity contribution < 1.29 is 28.9 Å². The van der Waals surface area contributed by atoms with Crippen molar-refractivity contribution in [1.82, 2.24) is 10.2 Å². The summed E-state index contributed by atoms with van der Waals surface area (Å²) >= 11 is 2.75. The van der Waals surface area contributed by atoms with E-state index < -0.39 is 17.7 Å². The minimum absolute atomic E-state index is 0.00585. The van der Waals surface area contributed by atoms with E-state index in [9.17, 15) is 14.7 Å². The number of Topliss-reactive ketones (excluding diaryl/α,β-unsaturated/α-hetero) is 1. The Hall–Kier alpha value is -4.87. The third kappa shape index (κ3) is 7.05. The van der Waals surface area contributed by atoms with Crippen LogP contribution >= 0.6 is 23.1 Å². The van der Waals surface area contributed by atoms with Crippen LogP contribution in [0.1, 0.15) is 62.4 Å². The molecule has 0 unspecified atom stereocenters. The van der Waals surface area contributed by atoms with Gasteiger partial charge in [-0.25, -0.2) is 0 Å². The maximum absolute atomic E-state index is 14.0. The van der Waals surface area contributed by atoms with Crippen molar-refractivity contribution in [2.24, 2.45) is 5.92 Å². The number of thioether (sulfide) groups is 1. The molecule has 1 aromatic heterocycles. The SMILES string of the molecule is CCOc1cc([C@H]2/C(=C(\O)c3ccc4c(c3)C[C@@H](C)O4)C(=O)C(=O)N2c2nnc(SCc3cccc4ccccc34)s2)ccc1OCCC(C)C. The molecule has 51 heavy (non-hydrogen) atoms. The van der Waals surface area contributed by atoms with Crippen molar-refractivity contribution >= 4 is 56.5 Å². The summed E-state index contributed by atoms with van der Waals surface area (Å²) < 4.78 is 18.6. The molecule has 0 aliphatic carbocycles. The number of hydrogen-bond donors (Lipinski definition) is 1. The lowest BCUT2D eigenvalue weighted by atomic mass is 9.94. The van der Waals surface area contributed by atoms with Gasteiger partial charge in [-0.2, -0.15) is 0 Å². The average Bonchev–Trinajstić information content (AvgIpc) is 3.82. The molecule has 2 aliphatic rings. The highest BCUT2D eigenvalue weighted by molar-refractivity contribution is 8.00. The fourth-order valence-corrected chi connectivity index (χ4v) is 8.34. The second-order valence-electron chi connectivity index (χ2n) is 13.1. The lowest BCUT2D eigenvalue weighted by molar-refractivity contribution is -0.132. The van der Waals surface area contributed by atoms with Gasteiger partial charge in [-0.15, -0.1) is 10.2 Å². The van der Waals surface area contributed by atoms with Crippen LogP contribution in [0.25, 0.3) is 16.5 Å². The van der Waals surface area contributed by atoms with Gasteiger partial charge in [-0.1, -0.05) is 85.5 Å². The van der Waals surface area contributed by atoms with Crippen LogP contribution in [0.5, 0.6) is 17.2 Å².